The molecule has 0 saturated heterocycles. The summed E-state index contributed by atoms with van der Waals surface area (Å²) in [5, 5.41) is 0. The van der Waals surface area contributed by atoms with Crippen LogP contribution in [0.3, 0.4) is 0 Å². The Bertz CT molecular complexity index is 112. The first-order valence-electron chi connectivity index (χ1n) is 3.29. The minimum absolute atomic E-state index is 0.146. The number of rotatable bonds is 2. The number of hydrogen-bond acceptors (Lipinski definition) is 1. The lowest BCUT2D eigenvalue weighted by Gasteiger charge is -2.21. The lowest BCUT2D eigenvalue weighted by atomic mass is 10.4. The molecule has 0 aliphatic rings. The zero-order valence-electron chi connectivity index (χ0n) is 6.77. The van der Waals surface area contributed by atoms with Gasteiger partial charge < -0.3 is 4.48 Å². The van der Waals surface area contributed by atoms with Gasteiger partial charge >= 0.3 is 0 Å². The summed E-state index contributed by atoms with van der Waals surface area (Å²) < 4.78 is 7.49. The van der Waals surface area contributed by atoms with Gasteiger partial charge in [0.2, 0.25) is 0 Å². The monoisotopic (exact) mass is 117 g/mol. The topological polar surface area (TPSA) is 17.1 Å². The Balaban J connectivity index is 3.71. The highest BCUT2D eigenvalue weighted by Crippen LogP contribution is 1.87. The van der Waals surface area contributed by atoms with Crippen LogP contribution in [0.5, 0.6) is 0 Å². The number of carbonyl (C=O) groups excluding carboxylic acids is 1. The van der Waals surface area contributed by atoms with Crippen LogP contribution >= 0.6 is 0 Å². The first kappa shape index (κ1) is 5.76. The molecule has 0 heterocycles. The lowest BCUT2D eigenvalue weighted by molar-refractivity contribution is -0.862. The zero-order valence-corrected chi connectivity index (χ0v) is 5.77. The average Bonchev–Trinajstić information content (AvgIpc) is 1.63. The molecule has 0 N–H and O–H groups in total. The van der Waals surface area contributed by atoms with Crippen LogP contribution in [0.25, 0.3) is 0 Å². The van der Waals surface area contributed by atoms with Gasteiger partial charge in [0.25, 0.3) is 0 Å². The molecular formula is C6H14NO+. The van der Waals surface area contributed by atoms with Crippen molar-refractivity contribution in [3.8, 4) is 0 Å². The molecule has 0 fully saturated rings. The van der Waals surface area contributed by atoms with Crippen LogP contribution in [0.4, 0.5) is 0 Å². The fourth-order valence-electron chi connectivity index (χ4n) is 0.603. The first-order valence-corrected chi connectivity index (χ1v) is 2.58. The second kappa shape index (κ2) is 2.27. The van der Waals surface area contributed by atoms with Crippen molar-refractivity contribution in [1.82, 2.24) is 0 Å². The Morgan fingerprint density at radius 1 is 1.75 bits per heavy atom. The third-order valence-electron chi connectivity index (χ3n) is 0.651. The van der Waals surface area contributed by atoms with Crippen LogP contribution in [-0.4, -0.2) is 37.9 Å². The predicted molar refractivity (Wildman–Crippen MR) is 33.6 cm³/mol. The van der Waals surface area contributed by atoms with E-state index in [0.717, 1.165) is 0 Å². The summed E-state index contributed by atoms with van der Waals surface area (Å²) in [5.41, 5.74) is 0. The van der Waals surface area contributed by atoms with Crippen LogP contribution in [-0.2, 0) is 4.79 Å². The van der Waals surface area contributed by atoms with Crippen molar-refractivity contribution >= 4 is 5.78 Å². The standard InChI is InChI=1S/C6H14NO/c1-6(8)5-7(2,3)4/h5H2,1-4H3/q+1/i2D. The number of carbonyl (C=O) groups is 1. The number of ketones is 1. The number of likely N-dealkylation sites (N-methyl/N-ethyl adjacent to an activating group) is 1. The van der Waals surface area contributed by atoms with E-state index in [-0.39, 0.29) is 12.8 Å². The molecule has 0 atom stereocenters. The van der Waals surface area contributed by atoms with Crippen molar-refractivity contribution in [1.29, 1.82) is 0 Å². The van der Waals surface area contributed by atoms with Gasteiger partial charge in [0.15, 0.2) is 5.78 Å². The number of hydrogen-bond donors (Lipinski definition) is 0. The van der Waals surface area contributed by atoms with E-state index in [9.17, 15) is 4.79 Å². The molecule has 8 heavy (non-hydrogen) atoms. The molecule has 0 rings (SSSR count). The van der Waals surface area contributed by atoms with E-state index in [4.69, 9.17) is 1.37 Å². The van der Waals surface area contributed by atoms with E-state index in [0.29, 0.717) is 11.0 Å². The van der Waals surface area contributed by atoms with E-state index in [2.05, 4.69) is 0 Å². The normalized spacial score (nSPS) is 13.1. The van der Waals surface area contributed by atoms with Crippen molar-refractivity contribution in [3.05, 3.63) is 0 Å². The molecule has 0 bridgehead atoms. The molecule has 0 radical (unpaired) electrons. The van der Waals surface area contributed by atoms with Crippen LogP contribution in [0.2, 0.25) is 0 Å². The summed E-state index contributed by atoms with van der Waals surface area (Å²) in [6.07, 6.45) is 0. The largest absolute Gasteiger partial charge is 0.325 e. The Kier molecular flexibility index (Phi) is 1.63. The summed E-state index contributed by atoms with van der Waals surface area (Å²) in [6, 6.07) is 0. The zero-order chi connectivity index (χ0) is 7.49. The molecule has 2 nitrogen and oxygen atoms in total. The van der Waals surface area contributed by atoms with E-state index >= 15 is 0 Å². The number of nitrogens with zero attached hydrogens (tertiary/aromatic N) is 1. The minimum atomic E-state index is 0.146. The van der Waals surface area contributed by atoms with Gasteiger partial charge in [0.1, 0.15) is 6.54 Å². The molecule has 0 aliphatic heterocycles. The van der Waals surface area contributed by atoms with Crippen LogP contribution in [0.1, 0.15) is 8.29 Å². The second-order valence-corrected chi connectivity index (χ2v) is 2.80. The van der Waals surface area contributed by atoms with Gasteiger partial charge in [-0.15, -0.1) is 0 Å². The average molecular weight is 117 g/mol. The minimum Gasteiger partial charge on any atom is -0.325 e. The number of quaternary nitrogens is 1. The van der Waals surface area contributed by atoms with Gasteiger partial charge in [0, 0.05) is 6.92 Å². The molecule has 0 aliphatic carbocycles. The molecular weight excluding hydrogens is 102 g/mol. The van der Waals surface area contributed by atoms with Crippen molar-refractivity contribution in [3.63, 3.8) is 0 Å². The van der Waals surface area contributed by atoms with Crippen molar-refractivity contribution in [2.24, 2.45) is 0 Å². The van der Waals surface area contributed by atoms with Crippen molar-refractivity contribution in [2.45, 2.75) is 6.92 Å². The Hall–Kier alpha value is -0.370. The quantitative estimate of drug-likeness (QED) is 0.475. The van der Waals surface area contributed by atoms with E-state index in [1.807, 2.05) is 14.1 Å². The van der Waals surface area contributed by atoms with Crippen LogP contribution in [0.15, 0.2) is 0 Å². The smallest absolute Gasteiger partial charge is 0.183 e. The Labute approximate surface area is 52.1 Å². The maximum absolute atomic E-state index is 10.5. The first-order chi connectivity index (χ1) is 3.98. The molecule has 0 saturated carbocycles. The molecule has 0 amide bonds. The maximum atomic E-state index is 10.5. The molecule has 0 spiro atoms. The van der Waals surface area contributed by atoms with Gasteiger partial charge in [-0.25, -0.2) is 0 Å². The summed E-state index contributed by atoms with van der Waals surface area (Å²) in [6.45, 7) is 2.01. The molecule has 48 valence electrons. The summed E-state index contributed by atoms with van der Waals surface area (Å²) in [7, 11) is 4.00. The maximum Gasteiger partial charge on any atom is 0.183 e. The molecule has 0 aromatic carbocycles. The fraction of sp³-hybridized carbons (Fsp3) is 0.833. The van der Waals surface area contributed by atoms with Gasteiger partial charge in [-0.2, -0.15) is 0 Å². The highest BCUT2D eigenvalue weighted by atomic mass is 16.1. The SMILES string of the molecule is [2H]C[N+](C)(C)CC(C)=O. The van der Waals surface area contributed by atoms with Crippen LogP contribution < -0.4 is 0 Å². The predicted octanol–water partition coefficient (Wildman–Crippen LogP) is 0.282. The Morgan fingerprint density at radius 2 is 2.25 bits per heavy atom. The molecule has 0 aromatic rings. The van der Waals surface area contributed by atoms with Crippen molar-refractivity contribution < 1.29 is 10.6 Å². The molecule has 0 aromatic heterocycles. The molecule has 2 heteroatoms. The van der Waals surface area contributed by atoms with Crippen molar-refractivity contribution in [2.75, 3.05) is 27.7 Å². The third-order valence-corrected chi connectivity index (χ3v) is 0.651. The van der Waals surface area contributed by atoms with E-state index in [1.165, 1.54) is 0 Å². The fourth-order valence-corrected chi connectivity index (χ4v) is 0.603. The van der Waals surface area contributed by atoms with Gasteiger partial charge in [0.05, 0.1) is 22.5 Å². The highest BCUT2D eigenvalue weighted by molar-refractivity contribution is 5.76. The highest BCUT2D eigenvalue weighted by Gasteiger charge is 2.08. The summed E-state index contributed by atoms with van der Waals surface area (Å²) in [5.74, 6) is 0.146. The summed E-state index contributed by atoms with van der Waals surface area (Å²) in [4.78, 5) is 10.5. The van der Waals surface area contributed by atoms with E-state index < -0.39 is 0 Å². The lowest BCUT2D eigenvalue weighted by Crippen LogP contribution is -2.38. The van der Waals surface area contributed by atoms with E-state index in [1.54, 1.807) is 6.92 Å². The van der Waals surface area contributed by atoms with Gasteiger partial charge in [-0.3, -0.25) is 4.79 Å². The second-order valence-electron chi connectivity index (χ2n) is 2.80. The third kappa shape index (κ3) is 5.63. The van der Waals surface area contributed by atoms with Gasteiger partial charge in [-0.05, 0) is 0 Å². The number of Topliss-reactive ketones (excluding diaryl/α,β-unsaturated/α-hetero) is 1. The van der Waals surface area contributed by atoms with Crippen LogP contribution in [0, 0.1) is 0 Å². The summed E-state index contributed by atoms with van der Waals surface area (Å²) >= 11 is 0. The molecule has 0 unspecified atom stereocenters. The van der Waals surface area contributed by atoms with Gasteiger partial charge in [-0.1, -0.05) is 0 Å². The Morgan fingerprint density at radius 3 is 2.38 bits per heavy atom.